The van der Waals surface area contributed by atoms with Gasteiger partial charge in [-0.1, -0.05) is 6.07 Å². The van der Waals surface area contributed by atoms with Crippen LogP contribution in [0.3, 0.4) is 0 Å². The van der Waals surface area contributed by atoms with Crippen molar-refractivity contribution in [1.82, 2.24) is 4.40 Å². The fourth-order valence-electron chi connectivity index (χ4n) is 2.71. The number of rotatable bonds is 4. The zero-order valence-corrected chi connectivity index (χ0v) is 13.3. The molecule has 4 rings (SSSR count). The minimum atomic E-state index is -4.12. The largest absolute Gasteiger partial charge is 0.459 e. The molecule has 1 aliphatic carbocycles. The molecule has 0 spiro atoms. The topological polar surface area (TPSA) is 100 Å². The number of hydrogen-bond acceptors (Lipinski definition) is 5. The molecule has 1 fully saturated rings. The van der Waals surface area contributed by atoms with Crippen molar-refractivity contribution in [2.45, 2.75) is 18.9 Å². The fourth-order valence-corrected chi connectivity index (χ4v) is 3.09. The van der Waals surface area contributed by atoms with Crippen LogP contribution in [-0.2, 0) is 15.0 Å². The van der Waals surface area contributed by atoms with Gasteiger partial charge in [-0.25, -0.2) is 4.79 Å². The summed E-state index contributed by atoms with van der Waals surface area (Å²) in [6.07, 6.45) is 3.56. The molecule has 0 atom stereocenters. The molecule has 0 aliphatic heterocycles. The van der Waals surface area contributed by atoms with E-state index in [-0.39, 0.29) is 17.8 Å². The number of pyridine rings is 1. The second kappa shape index (κ2) is 5.22. The minimum absolute atomic E-state index is 0.00352. The second-order valence-electron chi connectivity index (χ2n) is 5.69. The van der Waals surface area contributed by atoms with E-state index in [0.29, 0.717) is 22.0 Å². The SMILES string of the molecule is NS(=O)(=O)Oc1ccc2c(C(=O)OC3CC3)c3ccccn3c2c1. The van der Waals surface area contributed by atoms with Crippen molar-refractivity contribution in [3.05, 3.63) is 48.2 Å². The molecule has 24 heavy (non-hydrogen) atoms. The van der Waals surface area contributed by atoms with Gasteiger partial charge in [-0.3, -0.25) is 0 Å². The van der Waals surface area contributed by atoms with Crippen LogP contribution in [0, 0.1) is 0 Å². The molecule has 124 valence electrons. The van der Waals surface area contributed by atoms with Crippen LogP contribution >= 0.6 is 0 Å². The van der Waals surface area contributed by atoms with E-state index >= 15 is 0 Å². The van der Waals surface area contributed by atoms with E-state index in [9.17, 15) is 13.2 Å². The van der Waals surface area contributed by atoms with E-state index < -0.39 is 10.3 Å². The molecule has 1 saturated carbocycles. The number of ether oxygens (including phenoxy) is 1. The standard InChI is InChI=1S/C16H14N2O5S/c17-24(20,21)23-11-6-7-12-14(9-11)18-8-2-1-3-13(18)15(12)16(19)22-10-4-5-10/h1-3,6-10H,4-5H2,(H2,17,20,21). The summed E-state index contributed by atoms with van der Waals surface area (Å²) in [7, 11) is -4.12. The summed E-state index contributed by atoms with van der Waals surface area (Å²) >= 11 is 0. The summed E-state index contributed by atoms with van der Waals surface area (Å²) in [6, 6.07) is 10.1. The number of esters is 1. The molecular weight excluding hydrogens is 332 g/mol. The zero-order valence-electron chi connectivity index (χ0n) is 12.5. The highest BCUT2D eigenvalue weighted by atomic mass is 32.2. The van der Waals surface area contributed by atoms with E-state index in [1.807, 2.05) is 18.2 Å². The Morgan fingerprint density at radius 1 is 1.17 bits per heavy atom. The lowest BCUT2D eigenvalue weighted by molar-refractivity contribution is 0.0477. The number of fused-ring (bicyclic) bond motifs is 3. The van der Waals surface area contributed by atoms with E-state index in [1.165, 1.54) is 12.1 Å². The lowest BCUT2D eigenvalue weighted by Crippen LogP contribution is -2.18. The molecule has 2 heterocycles. The molecule has 3 aromatic rings. The van der Waals surface area contributed by atoms with Crippen molar-refractivity contribution in [2.75, 3.05) is 0 Å². The first-order chi connectivity index (χ1) is 11.4. The van der Waals surface area contributed by atoms with Crippen molar-refractivity contribution in [2.24, 2.45) is 5.14 Å². The fraction of sp³-hybridized carbons (Fsp3) is 0.188. The monoisotopic (exact) mass is 346 g/mol. The molecule has 2 aromatic heterocycles. The molecule has 0 amide bonds. The van der Waals surface area contributed by atoms with E-state index in [0.717, 1.165) is 12.8 Å². The molecule has 2 N–H and O–H groups in total. The Morgan fingerprint density at radius 2 is 1.96 bits per heavy atom. The van der Waals surface area contributed by atoms with Crippen LogP contribution in [0.5, 0.6) is 5.75 Å². The summed E-state index contributed by atoms with van der Waals surface area (Å²) in [5, 5.41) is 5.57. The predicted molar refractivity (Wildman–Crippen MR) is 87.1 cm³/mol. The second-order valence-corrected chi connectivity index (χ2v) is 6.84. The van der Waals surface area contributed by atoms with Crippen LogP contribution < -0.4 is 9.32 Å². The Bertz CT molecular complexity index is 1070. The van der Waals surface area contributed by atoms with Crippen LogP contribution in [0.1, 0.15) is 23.2 Å². The van der Waals surface area contributed by atoms with Gasteiger partial charge in [0, 0.05) is 17.6 Å². The van der Waals surface area contributed by atoms with Crippen LogP contribution in [0.25, 0.3) is 16.4 Å². The number of aromatic nitrogens is 1. The molecule has 0 bridgehead atoms. The van der Waals surface area contributed by atoms with Crippen molar-refractivity contribution in [3.63, 3.8) is 0 Å². The van der Waals surface area contributed by atoms with Crippen LogP contribution in [-0.4, -0.2) is 24.9 Å². The molecule has 1 aliphatic rings. The smallest absolute Gasteiger partial charge is 0.380 e. The van der Waals surface area contributed by atoms with Gasteiger partial charge in [-0.15, -0.1) is 0 Å². The zero-order chi connectivity index (χ0) is 16.9. The summed E-state index contributed by atoms with van der Waals surface area (Å²) in [5.41, 5.74) is 1.78. The number of carbonyl (C=O) groups is 1. The quantitative estimate of drug-likeness (QED) is 0.728. The highest BCUT2D eigenvalue weighted by molar-refractivity contribution is 7.84. The maximum Gasteiger partial charge on any atom is 0.380 e. The highest BCUT2D eigenvalue weighted by Gasteiger charge is 2.29. The minimum Gasteiger partial charge on any atom is -0.459 e. The number of carbonyl (C=O) groups excluding carboxylic acids is 1. The highest BCUT2D eigenvalue weighted by Crippen LogP contribution is 2.32. The molecule has 0 radical (unpaired) electrons. The lowest BCUT2D eigenvalue weighted by Gasteiger charge is -2.03. The van der Waals surface area contributed by atoms with Crippen molar-refractivity contribution < 1.29 is 22.1 Å². The Kier molecular flexibility index (Phi) is 3.26. The normalized spacial score (nSPS) is 14.9. The van der Waals surface area contributed by atoms with Gasteiger partial charge in [0.2, 0.25) is 0 Å². The molecule has 0 unspecified atom stereocenters. The Hall–Kier alpha value is -2.58. The third-order valence-corrected chi connectivity index (χ3v) is 4.25. The third-order valence-electron chi connectivity index (χ3n) is 3.83. The van der Waals surface area contributed by atoms with Crippen LogP contribution in [0.4, 0.5) is 0 Å². The van der Waals surface area contributed by atoms with Gasteiger partial charge in [0.1, 0.15) is 11.9 Å². The molecule has 0 saturated heterocycles. The van der Waals surface area contributed by atoms with E-state index in [1.54, 1.807) is 16.7 Å². The first kappa shape index (κ1) is 15.0. The maximum atomic E-state index is 12.5. The van der Waals surface area contributed by atoms with Crippen LogP contribution in [0.2, 0.25) is 0 Å². The molecule has 8 heteroatoms. The van der Waals surface area contributed by atoms with Gasteiger partial charge in [0.15, 0.2) is 0 Å². The first-order valence-corrected chi connectivity index (χ1v) is 8.85. The van der Waals surface area contributed by atoms with E-state index in [2.05, 4.69) is 0 Å². The van der Waals surface area contributed by atoms with Gasteiger partial charge in [-0.05, 0) is 37.1 Å². The average molecular weight is 346 g/mol. The van der Waals surface area contributed by atoms with Gasteiger partial charge in [0.05, 0.1) is 16.6 Å². The predicted octanol–water partition coefficient (Wildman–Crippen LogP) is 1.99. The Labute approximate surface area is 137 Å². The Morgan fingerprint density at radius 3 is 2.67 bits per heavy atom. The first-order valence-electron chi connectivity index (χ1n) is 7.38. The lowest BCUT2D eigenvalue weighted by atomic mass is 10.1. The van der Waals surface area contributed by atoms with Crippen LogP contribution in [0.15, 0.2) is 42.6 Å². The number of nitrogens with zero attached hydrogens (tertiary/aromatic N) is 1. The van der Waals surface area contributed by atoms with Gasteiger partial charge < -0.3 is 13.3 Å². The summed E-state index contributed by atoms with van der Waals surface area (Å²) in [6.45, 7) is 0. The Balaban J connectivity index is 1.91. The number of hydrogen-bond donors (Lipinski definition) is 1. The van der Waals surface area contributed by atoms with Crippen molar-refractivity contribution in [3.8, 4) is 5.75 Å². The number of benzene rings is 1. The molecule has 7 nitrogen and oxygen atoms in total. The average Bonchev–Trinajstić information content (AvgIpc) is 3.25. The van der Waals surface area contributed by atoms with E-state index in [4.69, 9.17) is 14.1 Å². The van der Waals surface area contributed by atoms with Gasteiger partial charge in [-0.2, -0.15) is 13.6 Å². The third kappa shape index (κ3) is 2.70. The molecular formula is C16H14N2O5S. The summed E-state index contributed by atoms with van der Waals surface area (Å²) in [4.78, 5) is 12.5. The summed E-state index contributed by atoms with van der Waals surface area (Å²) < 4.78 is 34.2. The van der Waals surface area contributed by atoms with Crippen molar-refractivity contribution >= 4 is 32.7 Å². The van der Waals surface area contributed by atoms with Gasteiger partial charge in [0.25, 0.3) is 0 Å². The summed E-state index contributed by atoms with van der Waals surface area (Å²) in [5.74, 6) is -0.299. The molecule has 1 aromatic carbocycles. The van der Waals surface area contributed by atoms with Crippen molar-refractivity contribution in [1.29, 1.82) is 0 Å². The van der Waals surface area contributed by atoms with Gasteiger partial charge >= 0.3 is 16.3 Å². The number of nitrogens with two attached hydrogens (primary N) is 1. The maximum absolute atomic E-state index is 12.5.